The average molecular weight is 316 g/mol. The van der Waals surface area contributed by atoms with Crippen molar-refractivity contribution in [2.75, 3.05) is 24.7 Å². The van der Waals surface area contributed by atoms with E-state index < -0.39 is 0 Å². The van der Waals surface area contributed by atoms with Crippen LogP contribution in [0.2, 0.25) is 0 Å². The topological polar surface area (TPSA) is 55.0 Å². The first-order valence-electron chi connectivity index (χ1n) is 8.28. The van der Waals surface area contributed by atoms with E-state index in [9.17, 15) is 0 Å². The number of anilines is 2. The molecule has 0 radical (unpaired) electrons. The van der Waals surface area contributed by atoms with E-state index in [0.717, 1.165) is 34.0 Å². The van der Waals surface area contributed by atoms with Crippen molar-refractivity contribution in [2.45, 2.75) is 48.0 Å². The van der Waals surface area contributed by atoms with Crippen LogP contribution in [0.15, 0.2) is 24.4 Å². The zero-order chi connectivity index (χ0) is 18.0. The van der Waals surface area contributed by atoms with Gasteiger partial charge in [-0.15, -0.1) is 0 Å². The molecule has 0 saturated carbocycles. The van der Waals surface area contributed by atoms with E-state index in [4.69, 9.17) is 5.73 Å². The summed E-state index contributed by atoms with van der Waals surface area (Å²) < 4.78 is 0. The quantitative estimate of drug-likeness (QED) is 0.860. The lowest BCUT2D eigenvalue weighted by Gasteiger charge is -2.18. The van der Waals surface area contributed by atoms with Crippen molar-refractivity contribution in [3.05, 3.63) is 35.8 Å². The number of nitrogens with two attached hydrogens (primary N) is 1. The third kappa shape index (κ3) is 5.89. The fourth-order valence-corrected chi connectivity index (χ4v) is 2.16. The smallest absolute Gasteiger partial charge is 0.136 e. The summed E-state index contributed by atoms with van der Waals surface area (Å²) in [5, 5.41) is 0. The monoisotopic (exact) mass is 316 g/mol. The number of nitrogens with zero attached hydrogens (tertiary/aromatic N) is 3. The van der Waals surface area contributed by atoms with Crippen LogP contribution in [0.4, 0.5) is 11.5 Å². The second kappa shape index (κ2) is 10.6. The van der Waals surface area contributed by atoms with E-state index in [1.807, 2.05) is 64.9 Å². The predicted octanol–water partition coefficient (Wildman–Crippen LogP) is 4.85. The van der Waals surface area contributed by atoms with E-state index in [1.165, 1.54) is 6.42 Å². The molecule has 2 aromatic heterocycles. The van der Waals surface area contributed by atoms with E-state index in [-0.39, 0.29) is 0 Å². The van der Waals surface area contributed by atoms with Crippen LogP contribution in [-0.4, -0.2) is 24.1 Å². The molecule has 128 valence electrons. The molecular formula is C19H32N4. The maximum absolute atomic E-state index is 6.14. The molecule has 2 heterocycles. The van der Waals surface area contributed by atoms with E-state index >= 15 is 0 Å². The van der Waals surface area contributed by atoms with Gasteiger partial charge in [-0.2, -0.15) is 0 Å². The van der Waals surface area contributed by atoms with Crippen molar-refractivity contribution in [3.8, 4) is 11.1 Å². The molecule has 2 aromatic rings. The molecule has 2 rings (SSSR count). The molecule has 0 amide bonds. The summed E-state index contributed by atoms with van der Waals surface area (Å²) in [7, 11) is 3.94. The standard InChI is InChI=1S/C14H18N4.C3H8.C2H6/c1-9-8-12(15)13(10(2)17-9)11-6-5-7-16-14(11)18(3)4;1-3-2;1-2/h5-8H,1-4H3,(H2,15,17);3H2,1-2H3;1-2H3. The third-order valence-corrected chi connectivity index (χ3v) is 2.84. The Morgan fingerprint density at radius 3 is 2.17 bits per heavy atom. The number of aryl methyl sites for hydroxylation is 2. The van der Waals surface area contributed by atoms with Gasteiger partial charge in [0.15, 0.2) is 0 Å². The summed E-state index contributed by atoms with van der Waals surface area (Å²) in [4.78, 5) is 10.9. The highest BCUT2D eigenvalue weighted by Gasteiger charge is 2.14. The van der Waals surface area contributed by atoms with Crippen LogP contribution in [0.3, 0.4) is 0 Å². The van der Waals surface area contributed by atoms with Crippen LogP contribution in [0.25, 0.3) is 11.1 Å². The normalized spacial score (nSPS) is 9.22. The van der Waals surface area contributed by atoms with Crippen LogP contribution < -0.4 is 10.6 Å². The Labute approximate surface area is 141 Å². The van der Waals surface area contributed by atoms with Crippen LogP contribution >= 0.6 is 0 Å². The highest BCUT2D eigenvalue weighted by molar-refractivity contribution is 5.85. The first kappa shape index (κ1) is 20.9. The largest absolute Gasteiger partial charge is 0.398 e. The van der Waals surface area contributed by atoms with Gasteiger partial charge in [-0.05, 0) is 32.0 Å². The van der Waals surface area contributed by atoms with Gasteiger partial charge in [-0.25, -0.2) is 4.98 Å². The predicted molar refractivity (Wildman–Crippen MR) is 103 cm³/mol. The molecule has 0 fully saturated rings. The molecule has 0 aliphatic heterocycles. The molecule has 0 unspecified atom stereocenters. The molecule has 23 heavy (non-hydrogen) atoms. The molecular weight excluding hydrogens is 284 g/mol. The summed E-state index contributed by atoms with van der Waals surface area (Å²) in [6.07, 6.45) is 3.03. The summed E-state index contributed by atoms with van der Waals surface area (Å²) in [5.41, 5.74) is 10.7. The molecule has 0 aromatic carbocycles. The minimum Gasteiger partial charge on any atom is -0.398 e. The van der Waals surface area contributed by atoms with Crippen LogP contribution in [0.5, 0.6) is 0 Å². The maximum Gasteiger partial charge on any atom is 0.136 e. The summed E-state index contributed by atoms with van der Waals surface area (Å²) in [5.74, 6) is 0.901. The van der Waals surface area contributed by atoms with Crippen molar-refractivity contribution >= 4 is 11.5 Å². The Hall–Kier alpha value is -2.10. The summed E-state index contributed by atoms with van der Waals surface area (Å²) in [6, 6.07) is 5.84. The van der Waals surface area contributed by atoms with E-state index in [1.54, 1.807) is 6.20 Å². The van der Waals surface area contributed by atoms with Gasteiger partial charge in [-0.3, -0.25) is 4.98 Å². The minimum absolute atomic E-state index is 0.746. The van der Waals surface area contributed by atoms with Gasteiger partial charge in [0.25, 0.3) is 0 Å². The maximum atomic E-state index is 6.14. The molecule has 4 nitrogen and oxygen atoms in total. The van der Waals surface area contributed by atoms with Gasteiger partial charge in [0, 0.05) is 48.5 Å². The Morgan fingerprint density at radius 1 is 1.13 bits per heavy atom. The first-order chi connectivity index (χ1) is 10.9. The fraction of sp³-hybridized carbons (Fsp3) is 0.474. The van der Waals surface area contributed by atoms with E-state index in [0.29, 0.717) is 0 Å². The van der Waals surface area contributed by atoms with Gasteiger partial charge in [0.2, 0.25) is 0 Å². The lowest BCUT2D eigenvalue weighted by Crippen LogP contribution is -2.12. The van der Waals surface area contributed by atoms with Gasteiger partial charge >= 0.3 is 0 Å². The Kier molecular flexibility index (Phi) is 9.63. The molecule has 4 heteroatoms. The van der Waals surface area contributed by atoms with Gasteiger partial charge in [0.05, 0.1) is 0 Å². The number of rotatable bonds is 2. The third-order valence-electron chi connectivity index (χ3n) is 2.84. The molecule has 0 saturated heterocycles. The summed E-state index contributed by atoms with van der Waals surface area (Å²) >= 11 is 0. The van der Waals surface area contributed by atoms with Crippen molar-refractivity contribution in [1.82, 2.24) is 9.97 Å². The first-order valence-corrected chi connectivity index (χ1v) is 8.28. The van der Waals surface area contributed by atoms with Gasteiger partial charge in [0.1, 0.15) is 5.82 Å². The average Bonchev–Trinajstić information content (AvgIpc) is 2.49. The minimum atomic E-state index is 0.746. The lowest BCUT2D eigenvalue weighted by molar-refractivity contribution is 1.06. The zero-order valence-electron chi connectivity index (χ0n) is 15.9. The Morgan fingerprint density at radius 2 is 1.70 bits per heavy atom. The number of pyridine rings is 2. The molecule has 0 spiro atoms. The zero-order valence-corrected chi connectivity index (χ0v) is 15.9. The number of aromatic nitrogens is 2. The van der Waals surface area contributed by atoms with E-state index in [2.05, 4.69) is 23.8 Å². The highest BCUT2D eigenvalue weighted by atomic mass is 15.1. The SMILES string of the molecule is CC.CCC.Cc1cc(N)c(-c2cccnc2N(C)C)c(C)n1. The number of hydrogen-bond donors (Lipinski definition) is 1. The highest BCUT2D eigenvalue weighted by Crippen LogP contribution is 2.34. The molecule has 0 aliphatic carbocycles. The summed E-state index contributed by atoms with van der Waals surface area (Å²) in [6.45, 7) is 12.2. The van der Waals surface area contributed by atoms with Gasteiger partial charge < -0.3 is 10.6 Å². The van der Waals surface area contributed by atoms with Crippen LogP contribution in [-0.2, 0) is 0 Å². The molecule has 0 aliphatic rings. The van der Waals surface area contributed by atoms with Crippen molar-refractivity contribution in [3.63, 3.8) is 0 Å². The lowest BCUT2D eigenvalue weighted by atomic mass is 10.0. The Bertz CT molecular complexity index is 569. The van der Waals surface area contributed by atoms with Crippen molar-refractivity contribution in [1.29, 1.82) is 0 Å². The number of hydrogen-bond acceptors (Lipinski definition) is 4. The second-order valence-electron chi connectivity index (χ2n) is 5.29. The van der Waals surface area contributed by atoms with Crippen molar-refractivity contribution in [2.24, 2.45) is 0 Å². The molecule has 2 N–H and O–H groups in total. The molecule has 0 atom stereocenters. The number of nitrogen functional groups attached to an aromatic ring is 1. The van der Waals surface area contributed by atoms with Gasteiger partial charge in [-0.1, -0.05) is 34.1 Å². The second-order valence-corrected chi connectivity index (χ2v) is 5.29. The fourth-order valence-electron chi connectivity index (χ4n) is 2.16. The van der Waals surface area contributed by atoms with Crippen LogP contribution in [0.1, 0.15) is 45.5 Å². The molecule has 0 bridgehead atoms. The Balaban J connectivity index is 0.000000868. The van der Waals surface area contributed by atoms with Crippen LogP contribution in [0, 0.1) is 13.8 Å². The van der Waals surface area contributed by atoms with Crippen molar-refractivity contribution < 1.29 is 0 Å².